The number of nitrogens with one attached hydrogen (secondary N) is 2. The second-order valence-electron chi connectivity index (χ2n) is 11.6. The number of aromatic nitrogens is 5. The zero-order chi connectivity index (χ0) is 36.4. The van der Waals surface area contributed by atoms with E-state index in [1.807, 2.05) is 30.3 Å². The van der Waals surface area contributed by atoms with Gasteiger partial charge in [-0.15, -0.1) is 9.90 Å². The summed E-state index contributed by atoms with van der Waals surface area (Å²) in [5.74, 6) is -1.83. The zero-order valence-electron chi connectivity index (χ0n) is 27.5. The van der Waals surface area contributed by atoms with Gasteiger partial charge in [0.1, 0.15) is 22.4 Å². The van der Waals surface area contributed by atoms with Crippen LogP contribution in [0.4, 0.5) is 11.4 Å². The molecular formula is C36H31Cl2N7O5S. The number of aryl methyl sites for hydroxylation is 2. The van der Waals surface area contributed by atoms with Gasteiger partial charge >= 0.3 is 0 Å². The molecule has 6 aromatic rings. The highest BCUT2D eigenvalue weighted by Crippen LogP contribution is 2.35. The molecule has 0 saturated carbocycles. The number of amides is 2. The maximum atomic E-state index is 13.7. The lowest BCUT2D eigenvalue weighted by molar-refractivity contribution is -0.115. The van der Waals surface area contributed by atoms with Crippen molar-refractivity contribution in [3.8, 4) is 28.4 Å². The van der Waals surface area contributed by atoms with Gasteiger partial charge < -0.3 is 15.7 Å². The molecule has 51 heavy (non-hydrogen) atoms. The molecule has 12 nitrogen and oxygen atoms in total. The number of sulfone groups is 1. The van der Waals surface area contributed by atoms with Gasteiger partial charge in [-0.25, -0.2) is 13.1 Å². The van der Waals surface area contributed by atoms with Gasteiger partial charge in [-0.3, -0.25) is 9.59 Å². The average Bonchev–Trinajstić information content (AvgIpc) is 3.75. The number of phenols is 1. The number of halogens is 2. The van der Waals surface area contributed by atoms with Gasteiger partial charge in [-0.1, -0.05) is 72.6 Å². The summed E-state index contributed by atoms with van der Waals surface area (Å²) in [5, 5.41) is 29.1. The number of anilines is 2. The highest BCUT2D eigenvalue weighted by molar-refractivity contribution is 7.92. The van der Waals surface area contributed by atoms with Gasteiger partial charge in [0.2, 0.25) is 5.91 Å². The van der Waals surface area contributed by atoms with Crippen molar-refractivity contribution >= 4 is 56.2 Å². The van der Waals surface area contributed by atoms with Crippen LogP contribution in [0.5, 0.6) is 5.75 Å². The van der Waals surface area contributed by atoms with Crippen LogP contribution in [-0.4, -0.2) is 55.4 Å². The predicted molar refractivity (Wildman–Crippen MR) is 196 cm³/mol. The van der Waals surface area contributed by atoms with Crippen LogP contribution < -0.4 is 10.6 Å². The highest BCUT2D eigenvalue weighted by atomic mass is 35.5. The quantitative estimate of drug-likeness (QED) is 0.124. The van der Waals surface area contributed by atoms with E-state index in [0.29, 0.717) is 27.1 Å². The lowest BCUT2D eigenvalue weighted by Gasteiger charge is -2.19. The molecule has 0 spiro atoms. The standard InChI is InChI=1S/C36H31Cl2N7O5S/c1-4-34(51(49,50)25-12-8-9-21(2)15-25)36(48)40-29-18-33(46)30(17-32(29)45-39-19-31(43-45)23-10-6-5-7-11-23)41-35(47)26-20-44(42-22(26)3)24-13-14-27(37)28(38)16-24/h5-20,34,46H,4H2,1-3H3,(H,40,48)(H,41,47). The van der Waals surface area contributed by atoms with Crippen molar-refractivity contribution in [3.05, 3.63) is 124 Å². The molecule has 1 unspecified atom stereocenters. The first-order valence-electron chi connectivity index (χ1n) is 15.6. The number of carbonyl (C=O) groups excluding carboxylic acids is 2. The Morgan fingerprint density at radius 3 is 2.35 bits per heavy atom. The molecule has 3 N–H and O–H groups in total. The van der Waals surface area contributed by atoms with Crippen molar-refractivity contribution in [1.82, 2.24) is 24.8 Å². The Morgan fingerprint density at radius 2 is 1.65 bits per heavy atom. The highest BCUT2D eigenvalue weighted by Gasteiger charge is 2.33. The van der Waals surface area contributed by atoms with Crippen molar-refractivity contribution in [3.63, 3.8) is 0 Å². The molecule has 0 aliphatic rings. The molecule has 0 aliphatic heterocycles. The van der Waals surface area contributed by atoms with Gasteiger partial charge in [-0.05, 0) is 62.2 Å². The molecule has 0 radical (unpaired) electrons. The molecule has 0 aliphatic carbocycles. The number of nitrogens with zero attached hydrogens (tertiary/aromatic N) is 5. The van der Waals surface area contributed by atoms with Crippen LogP contribution in [0.1, 0.15) is 35.0 Å². The number of phenolic OH excluding ortho intramolecular Hbond substituents is 1. The Kier molecular flexibility index (Phi) is 9.97. The van der Waals surface area contributed by atoms with Crippen molar-refractivity contribution in [2.75, 3.05) is 10.6 Å². The second-order valence-corrected chi connectivity index (χ2v) is 14.6. The smallest absolute Gasteiger partial charge is 0.259 e. The third kappa shape index (κ3) is 7.36. The minimum Gasteiger partial charge on any atom is -0.506 e. The van der Waals surface area contributed by atoms with E-state index in [4.69, 9.17) is 23.2 Å². The number of carbonyl (C=O) groups is 2. The monoisotopic (exact) mass is 743 g/mol. The fourth-order valence-electron chi connectivity index (χ4n) is 5.41. The molecule has 0 saturated heterocycles. The zero-order valence-corrected chi connectivity index (χ0v) is 29.8. The van der Waals surface area contributed by atoms with E-state index in [2.05, 4.69) is 25.9 Å². The Labute approximate surface area is 303 Å². The third-order valence-electron chi connectivity index (χ3n) is 8.06. The molecule has 1 atom stereocenters. The Morgan fingerprint density at radius 1 is 0.882 bits per heavy atom. The van der Waals surface area contributed by atoms with E-state index in [1.165, 1.54) is 46.1 Å². The van der Waals surface area contributed by atoms with Gasteiger partial charge in [0.05, 0.1) is 49.5 Å². The lowest BCUT2D eigenvalue weighted by Crippen LogP contribution is -2.35. The summed E-state index contributed by atoms with van der Waals surface area (Å²) >= 11 is 12.2. The summed E-state index contributed by atoms with van der Waals surface area (Å²) in [5.41, 5.74) is 3.29. The first-order chi connectivity index (χ1) is 24.3. The van der Waals surface area contributed by atoms with Gasteiger partial charge in [0.25, 0.3) is 5.91 Å². The number of hydrogen-bond donors (Lipinski definition) is 3. The SMILES string of the molecule is CCC(C(=O)Nc1cc(O)c(NC(=O)c2cn(-c3ccc(Cl)c(Cl)c3)nc2C)cc1-n1ncc(-c2ccccc2)n1)S(=O)(=O)c1cccc(C)c1. The van der Waals surface area contributed by atoms with Gasteiger partial charge in [-0.2, -0.15) is 10.2 Å². The van der Waals surface area contributed by atoms with Crippen molar-refractivity contribution in [2.45, 2.75) is 37.3 Å². The van der Waals surface area contributed by atoms with Crippen LogP contribution in [0.25, 0.3) is 22.6 Å². The fraction of sp³-hybridized carbons (Fsp3) is 0.139. The summed E-state index contributed by atoms with van der Waals surface area (Å²) in [7, 11) is -4.09. The van der Waals surface area contributed by atoms with Crippen molar-refractivity contribution < 1.29 is 23.1 Å². The van der Waals surface area contributed by atoms with Crippen LogP contribution >= 0.6 is 23.2 Å². The van der Waals surface area contributed by atoms with Crippen molar-refractivity contribution in [2.24, 2.45) is 0 Å². The molecule has 6 rings (SSSR count). The predicted octanol–water partition coefficient (Wildman–Crippen LogP) is 7.19. The van der Waals surface area contributed by atoms with Crippen LogP contribution in [-0.2, 0) is 14.6 Å². The van der Waals surface area contributed by atoms with E-state index in [0.717, 1.165) is 11.1 Å². The first kappa shape index (κ1) is 35.3. The minimum atomic E-state index is -4.09. The average molecular weight is 745 g/mol. The van der Waals surface area contributed by atoms with E-state index in [-0.39, 0.29) is 33.9 Å². The Balaban J connectivity index is 1.36. The van der Waals surface area contributed by atoms with E-state index >= 15 is 0 Å². The summed E-state index contributed by atoms with van der Waals surface area (Å²) in [6, 6.07) is 23.1. The normalized spacial score (nSPS) is 12.0. The summed E-state index contributed by atoms with van der Waals surface area (Å²) < 4.78 is 28.6. The van der Waals surface area contributed by atoms with Crippen molar-refractivity contribution in [1.29, 1.82) is 0 Å². The molecule has 15 heteroatoms. The number of rotatable bonds is 10. The molecule has 260 valence electrons. The van der Waals surface area contributed by atoms with Crippen LogP contribution in [0.3, 0.4) is 0 Å². The van der Waals surface area contributed by atoms with Crippen LogP contribution in [0, 0.1) is 13.8 Å². The summed E-state index contributed by atoms with van der Waals surface area (Å²) in [6.45, 7) is 5.02. The lowest BCUT2D eigenvalue weighted by atomic mass is 10.2. The van der Waals surface area contributed by atoms with Crippen LogP contribution in [0.2, 0.25) is 10.0 Å². The first-order valence-corrected chi connectivity index (χ1v) is 18.0. The molecule has 0 bridgehead atoms. The Bertz CT molecular complexity index is 2390. The van der Waals surface area contributed by atoms with E-state index in [9.17, 15) is 23.1 Å². The third-order valence-corrected chi connectivity index (χ3v) is 11.0. The van der Waals surface area contributed by atoms with Gasteiger partial charge in [0, 0.05) is 17.8 Å². The van der Waals surface area contributed by atoms with Crippen LogP contribution in [0.15, 0.2) is 102 Å². The molecule has 4 aromatic carbocycles. The van der Waals surface area contributed by atoms with E-state index < -0.39 is 32.7 Å². The van der Waals surface area contributed by atoms with E-state index in [1.54, 1.807) is 51.1 Å². The molecule has 2 heterocycles. The minimum absolute atomic E-state index is 0.00669. The number of hydrogen-bond acceptors (Lipinski definition) is 8. The molecule has 0 fully saturated rings. The van der Waals surface area contributed by atoms with Gasteiger partial charge in [0.15, 0.2) is 9.84 Å². The summed E-state index contributed by atoms with van der Waals surface area (Å²) in [4.78, 5) is 28.5. The number of benzene rings is 4. The number of aromatic hydroxyl groups is 1. The molecule has 2 amide bonds. The maximum absolute atomic E-state index is 13.7. The maximum Gasteiger partial charge on any atom is 0.259 e. The topological polar surface area (TPSA) is 161 Å². The molecule has 2 aromatic heterocycles. The summed E-state index contributed by atoms with van der Waals surface area (Å²) in [6.07, 6.45) is 3.01. The Hall–Kier alpha value is -5.50. The molecular weight excluding hydrogens is 713 g/mol. The largest absolute Gasteiger partial charge is 0.506 e. The fourth-order valence-corrected chi connectivity index (χ4v) is 7.43. The second kappa shape index (κ2) is 14.4.